The van der Waals surface area contributed by atoms with E-state index in [0.29, 0.717) is 0 Å². The molecule has 0 saturated heterocycles. The fraction of sp³-hybridized carbons (Fsp3) is 0.200. The second-order valence-corrected chi connectivity index (χ2v) is 5.34. The van der Waals surface area contributed by atoms with Gasteiger partial charge < -0.3 is 10.1 Å². The molecule has 0 saturated carbocycles. The van der Waals surface area contributed by atoms with Gasteiger partial charge in [-0.05, 0) is 54.8 Å². The molecule has 2 nitrogen and oxygen atoms in total. The fourth-order valence-corrected chi connectivity index (χ4v) is 2.28. The lowest BCUT2D eigenvalue weighted by Gasteiger charge is -2.13. The van der Waals surface area contributed by atoms with Crippen LogP contribution in [0.5, 0.6) is 11.5 Å². The molecule has 0 atom stereocenters. The maximum atomic E-state index is 6.00. The Kier molecular flexibility index (Phi) is 4.60. The van der Waals surface area contributed by atoms with Crippen molar-refractivity contribution in [1.29, 1.82) is 0 Å². The molecule has 0 fully saturated rings. The van der Waals surface area contributed by atoms with E-state index in [1.165, 1.54) is 11.1 Å². The summed E-state index contributed by atoms with van der Waals surface area (Å²) in [5, 5.41) is 3.17. The van der Waals surface area contributed by atoms with Crippen molar-refractivity contribution in [3.05, 3.63) is 57.2 Å². The summed E-state index contributed by atoms with van der Waals surface area (Å²) in [5.74, 6) is 1.82. The van der Waals surface area contributed by atoms with Crippen molar-refractivity contribution in [3.8, 4) is 11.5 Å². The molecule has 0 bridgehead atoms. The minimum atomic E-state index is 0.806. The van der Waals surface area contributed by atoms with Crippen LogP contribution in [0.15, 0.2) is 42.5 Å². The number of hydrogen-bond donors (Lipinski definition) is 1. The summed E-state index contributed by atoms with van der Waals surface area (Å²) in [5.41, 5.74) is 2.42. The molecule has 0 aliphatic rings. The lowest BCUT2D eigenvalue weighted by atomic mass is 10.1. The number of ether oxygens (including phenoxy) is 1. The SMILES string of the molecule is CNCc1cc(C)ccc1Oc1ccccc1I. The van der Waals surface area contributed by atoms with Gasteiger partial charge in [0.25, 0.3) is 0 Å². The smallest absolute Gasteiger partial charge is 0.140 e. The average Bonchev–Trinajstić information content (AvgIpc) is 2.35. The molecule has 0 radical (unpaired) electrons. The van der Waals surface area contributed by atoms with Gasteiger partial charge in [-0.1, -0.05) is 29.8 Å². The van der Waals surface area contributed by atoms with Gasteiger partial charge in [0.2, 0.25) is 0 Å². The van der Waals surface area contributed by atoms with Crippen molar-refractivity contribution in [2.45, 2.75) is 13.5 Å². The Morgan fingerprint density at radius 2 is 1.89 bits per heavy atom. The standard InChI is InChI=1S/C15H16INO/c1-11-7-8-14(12(9-11)10-17-2)18-15-6-4-3-5-13(15)16/h3-9,17H,10H2,1-2H3. The number of halogens is 1. The molecule has 94 valence electrons. The van der Waals surface area contributed by atoms with E-state index < -0.39 is 0 Å². The quantitative estimate of drug-likeness (QED) is 0.836. The van der Waals surface area contributed by atoms with Gasteiger partial charge in [-0.15, -0.1) is 0 Å². The van der Waals surface area contributed by atoms with Crippen molar-refractivity contribution in [1.82, 2.24) is 5.32 Å². The van der Waals surface area contributed by atoms with Crippen molar-refractivity contribution < 1.29 is 4.74 Å². The van der Waals surface area contributed by atoms with E-state index in [9.17, 15) is 0 Å². The topological polar surface area (TPSA) is 21.3 Å². The summed E-state index contributed by atoms with van der Waals surface area (Å²) in [7, 11) is 1.94. The van der Waals surface area contributed by atoms with Gasteiger partial charge in [0.1, 0.15) is 11.5 Å². The molecule has 2 aromatic rings. The molecule has 0 spiro atoms. The van der Waals surface area contributed by atoms with Gasteiger partial charge in [-0.2, -0.15) is 0 Å². The predicted octanol–water partition coefficient (Wildman–Crippen LogP) is 4.11. The van der Waals surface area contributed by atoms with Crippen molar-refractivity contribution >= 4 is 22.6 Å². The number of benzene rings is 2. The maximum Gasteiger partial charge on any atom is 0.140 e. The fourth-order valence-electron chi connectivity index (χ4n) is 1.78. The van der Waals surface area contributed by atoms with E-state index in [-0.39, 0.29) is 0 Å². The highest BCUT2D eigenvalue weighted by Crippen LogP contribution is 2.29. The van der Waals surface area contributed by atoms with Crippen LogP contribution in [-0.4, -0.2) is 7.05 Å². The van der Waals surface area contributed by atoms with Crippen LogP contribution in [0, 0.1) is 10.5 Å². The Balaban J connectivity index is 2.31. The van der Waals surface area contributed by atoms with Gasteiger partial charge in [0, 0.05) is 12.1 Å². The minimum absolute atomic E-state index is 0.806. The van der Waals surface area contributed by atoms with E-state index in [1.807, 2.05) is 37.4 Å². The van der Waals surface area contributed by atoms with E-state index in [2.05, 4.69) is 47.0 Å². The molecule has 0 unspecified atom stereocenters. The molecule has 0 aromatic heterocycles. The zero-order chi connectivity index (χ0) is 13.0. The van der Waals surface area contributed by atoms with Gasteiger partial charge in [-0.25, -0.2) is 0 Å². The Hall–Kier alpha value is -1.07. The van der Waals surface area contributed by atoms with E-state index in [1.54, 1.807) is 0 Å². The largest absolute Gasteiger partial charge is 0.456 e. The summed E-state index contributed by atoms with van der Waals surface area (Å²) < 4.78 is 7.12. The Morgan fingerprint density at radius 3 is 2.61 bits per heavy atom. The zero-order valence-electron chi connectivity index (χ0n) is 10.5. The molecule has 2 aromatic carbocycles. The van der Waals surface area contributed by atoms with Crippen molar-refractivity contribution in [2.24, 2.45) is 0 Å². The van der Waals surface area contributed by atoms with Gasteiger partial charge >= 0.3 is 0 Å². The third kappa shape index (κ3) is 3.23. The molecule has 1 N–H and O–H groups in total. The monoisotopic (exact) mass is 353 g/mol. The highest BCUT2D eigenvalue weighted by Gasteiger charge is 2.06. The van der Waals surface area contributed by atoms with Crippen LogP contribution >= 0.6 is 22.6 Å². The van der Waals surface area contributed by atoms with E-state index in [4.69, 9.17) is 4.74 Å². The lowest BCUT2D eigenvalue weighted by Crippen LogP contribution is -2.06. The van der Waals surface area contributed by atoms with Crippen LogP contribution in [0.4, 0.5) is 0 Å². The summed E-state index contributed by atoms with van der Waals surface area (Å²) in [6.45, 7) is 2.90. The molecule has 0 heterocycles. The predicted molar refractivity (Wildman–Crippen MR) is 83.2 cm³/mol. The average molecular weight is 353 g/mol. The molecular formula is C15H16INO. The lowest BCUT2D eigenvalue weighted by molar-refractivity contribution is 0.471. The normalized spacial score (nSPS) is 10.4. The minimum Gasteiger partial charge on any atom is -0.456 e. The Bertz CT molecular complexity index is 540. The first-order chi connectivity index (χ1) is 8.70. The Labute approximate surface area is 122 Å². The van der Waals surface area contributed by atoms with Crippen LogP contribution in [0.25, 0.3) is 0 Å². The zero-order valence-corrected chi connectivity index (χ0v) is 12.7. The van der Waals surface area contributed by atoms with Crippen molar-refractivity contribution in [2.75, 3.05) is 7.05 Å². The van der Waals surface area contributed by atoms with E-state index in [0.717, 1.165) is 21.6 Å². The van der Waals surface area contributed by atoms with Crippen LogP contribution in [0.3, 0.4) is 0 Å². The first-order valence-electron chi connectivity index (χ1n) is 5.87. The number of rotatable bonds is 4. The van der Waals surface area contributed by atoms with E-state index >= 15 is 0 Å². The second-order valence-electron chi connectivity index (χ2n) is 4.17. The highest BCUT2D eigenvalue weighted by molar-refractivity contribution is 14.1. The third-order valence-corrected chi connectivity index (χ3v) is 3.53. The van der Waals surface area contributed by atoms with Gasteiger partial charge in [0.05, 0.1) is 3.57 Å². The molecule has 0 amide bonds. The summed E-state index contributed by atoms with van der Waals surface area (Å²) >= 11 is 2.29. The van der Waals surface area contributed by atoms with Gasteiger partial charge in [0.15, 0.2) is 0 Å². The molecular weight excluding hydrogens is 337 g/mol. The van der Waals surface area contributed by atoms with Crippen LogP contribution in [0.2, 0.25) is 0 Å². The Morgan fingerprint density at radius 1 is 1.11 bits per heavy atom. The first kappa shape index (κ1) is 13.4. The molecule has 0 aliphatic carbocycles. The van der Waals surface area contributed by atoms with Crippen molar-refractivity contribution in [3.63, 3.8) is 0 Å². The van der Waals surface area contributed by atoms with Crippen LogP contribution in [0.1, 0.15) is 11.1 Å². The second kappa shape index (κ2) is 6.20. The number of hydrogen-bond acceptors (Lipinski definition) is 2. The summed E-state index contributed by atoms with van der Waals surface area (Å²) in [6, 6.07) is 14.3. The van der Waals surface area contributed by atoms with Crippen LogP contribution in [-0.2, 0) is 6.54 Å². The van der Waals surface area contributed by atoms with Gasteiger partial charge in [-0.3, -0.25) is 0 Å². The maximum absolute atomic E-state index is 6.00. The molecule has 3 heteroatoms. The first-order valence-corrected chi connectivity index (χ1v) is 6.95. The molecule has 0 aliphatic heterocycles. The number of nitrogens with one attached hydrogen (secondary N) is 1. The highest BCUT2D eigenvalue weighted by atomic mass is 127. The summed E-state index contributed by atoms with van der Waals surface area (Å²) in [6.07, 6.45) is 0. The summed E-state index contributed by atoms with van der Waals surface area (Å²) in [4.78, 5) is 0. The number of aryl methyl sites for hydroxylation is 1. The van der Waals surface area contributed by atoms with Crippen LogP contribution < -0.4 is 10.1 Å². The number of para-hydroxylation sites is 1. The molecule has 2 rings (SSSR count). The molecule has 18 heavy (non-hydrogen) atoms. The third-order valence-electron chi connectivity index (χ3n) is 2.64.